The highest BCUT2D eigenvalue weighted by molar-refractivity contribution is 9.10. The third kappa shape index (κ3) is 2.90. The van der Waals surface area contributed by atoms with Crippen molar-refractivity contribution in [3.05, 3.63) is 33.8 Å². The van der Waals surface area contributed by atoms with Crippen LogP contribution in [-0.2, 0) is 6.54 Å². The van der Waals surface area contributed by atoms with E-state index in [0.29, 0.717) is 19.5 Å². The molecule has 1 aliphatic rings. The molecule has 100 valence electrons. The van der Waals surface area contributed by atoms with Crippen molar-refractivity contribution in [3.8, 4) is 0 Å². The minimum absolute atomic E-state index is 0.0907. The van der Waals surface area contributed by atoms with Crippen LogP contribution in [0.2, 0.25) is 0 Å². The highest BCUT2D eigenvalue weighted by atomic mass is 79.9. The van der Waals surface area contributed by atoms with Crippen LogP contribution in [0.1, 0.15) is 18.9 Å². The highest BCUT2D eigenvalue weighted by Gasteiger charge is 2.25. The van der Waals surface area contributed by atoms with Gasteiger partial charge in [0.1, 0.15) is 11.6 Å². The first-order chi connectivity index (χ1) is 8.49. The van der Waals surface area contributed by atoms with E-state index in [1.54, 1.807) is 0 Å². The van der Waals surface area contributed by atoms with Crippen molar-refractivity contribution in [1.82, 2.24) is 4.90 Å². The molecule has 0 bridgehead atoms. The van der Waals surface area contributed by atoms with Crippen molar-refractivity contribution in [3.63, 3.8) is 0 Å². The number of aliphatic hydroxyl groups excluding tert-OH is 1. The van der Waals surface area contributed by atoms with E-state index in [2.05, 4.69) is 15.9 Å². The highest BCUT2D eigenvalue weighted by Crippen LogP contribution is 2.25. The van der Waals surface area contributed by atoms with E-state index >= 15 is 0 Å². The van der Waals surface area contributed by atoms with Gasteiger partial charge in [0.25, 0.3) is 0 Å². The van der Waals surface area contributed by atoms with Gasteiger partial charge in [-0.25, -0.2) is 8.78 Å². The molecule has 1 aliphatic heterocycles. The van der Waals surface area contributed by atoms with Gasteiger partial charge in [0, 0.05) is 25.2 Å². The maximum atomic E-state index is 13.8. The molecule has 1 saturated heterocycles. The van der Waals surface area contributed by atoms with E-state index in [0.717, 1.165) is 0 Å². The first-order valence-corrected chi connectivity index (χ1v) is 6.81. The normalized spacial score (nSPS) is 25.4. The van der Waals surface area contributed by atoms with Gasteiger partial charge in [0.05, 0.1) is 10.6 Å². The van der Waals surface area contributed by atoms with Crippen LogP contribution in [-0.4, -0.2) is 29.2 Å². The quantitative estimate of drug-likeness (QED) is 0.847. The maximum absolute atomic E-state index is 13.8. The Kier molecular flexibility index (Phi) is 4.35. The van der Waals surface area contributed by atoms with E-state index in [9.17, 15) is 13.9 Å². The van der Waals surface area contributed by atoms with Gasteiger partial charge >= 0.3 is 0 Å². The zero-order valence-corrected chi connectivity index (χ0v) is 11.8. The summed E-state index contributed by atoms with van der Waals surface area (Å²) in [6, 6.07) is 2.64. The van der Waals surface area contributed by atoms with Crippen LogP contribution in [0.5, 0.6) is 0 Å². The lowest BCUT2D eigenvalue weighted by Crippen LogP contribution is -2.41. The molecule has 2 atom stereocenters. The third-order valence-corrected chi connectivity index (χ3v) is 4.08. The molecule has 1 N–H and O–H groups in total. The van der Waals surface area contributed by atoms with Gasteiger partial charge in [-0.3, -0.25) is 4.90 Å². The van der Waals surface area contributed by atoms with Crippen molar-refractivity contribution >= 4 is 15.9 Å². The molecular formula is C13H16BrF2NO. The predicted molar refractivity (Wildman–Crippen MR) is 69.1 cm³/mol. The monoisotopic (exact) mass is 319 g/mol. The molecular weight excluding hydrogens is 304 g/mol. The Hall–Kier alpha value is -0.520. The van der Waals surface area contributed by atoms with Crippen LogP contribution in [0.3, 0.4) is 0 Å². The van der Waals surface area contributed by atoms with Gasteiger partial charge < -0.3 is 5.11 Å². The van der Waals surface area contributed by atoms with Gasteiger partial charge in [0.15, 0.2) is 0 Å². The molecule has 2 unspecified atom stereocenters. The number of aliphatic hydroxyl groups is 1. The minimum Gasteiger partial charge on any atom is -0.393 e. The summed E-state index contributed by atoms with van der Waals surface area (Å²) >= 11 is 3.07. The molecule has 2 nitrogen and oxygen atoms in total. The van der Waals surface area contributed by atoms with Crippen molar-refractivity contribution in [2.45, 2.75) is 26.0 Å². The largest absolute Gasteiger partial charge is 0.393 e. The third-order valence-electron chi connectivity index (χ3n) is 3.46. The van der Waals surface area contributed by atoms with Crippen LogP contribution in [0.25, 0.3) is 0 Å². The average Bonchev–Trinajstić information content (AvgIpc) is 2.34. The molecule has 0 saturated carbocycles. The second-order valence-electron chi connectivity index (χ2n) is 4.89. The average molecular weight is 320 g/mol. The number of hydrogen-bond donors (Lipinski definition) is 1. The summed E-state index contributed by atoms with van der Waals surface area (Å²) in [5.41, 5.74) is 0.0907. The molecule has 0 radical (unpaired) electrons. The molecule has 1 aromatic carbocycles. The summed E-state index contributed by atoms with van der Waals surface area (Å²) in [5.74, 6) is -0.916. The molecule has 1 heterocycles. The summed E-state index contributed by atoms with van der Waals surface area (Å²) < 4.78 is 27.7. The van der Waals surface area contributed by atoms with E-state index in [4.69, 9.17) is 0 Å². The van der Waals surface area contributed by atoms with Crippen LogP contribution < -0.4 is 0 Å². The van der Waals surface area contributed by atoms with Crippen LogP contribution in [0.15, 0.2) is 16.6 Å². The number of nitrogens with zero attached hydrogens (tertiary/aromatic N) is 1. The van der Waals surface area contributed by atoms with Gasteiger partial charge in [-0.2, -0.15) is 0 Å². The van der Waals surface area contributed by atoms with E-state index in [-0.39, 0.29) is 28.6 Å². The van der Waals surface area contributed by atoms with Crippen molar-refractivity contribution in [2.24, 2.45) is 5.92 Å². The van der Waals surface area contributed by atoms with Crippen molar-refractivity contribution < 1.29 is 13.9 Å². The zero-order chi connectivity index (χ0) is 13.3. The molecule has 0 aromatic heterocycles. The van der Waals surface area contributed by atoms with E-state index < -0.39 is 11.6 Å². The SMILES string of the molecule is CC1CN(Cc2c(F)ccc(Br)c2F)CCC1O. The van der Waals surface area contributed by atoms with Crippen LogP contribution in [0, 0.1) is 17.6 Å². The number of benzene rings is 1. The molecule has 2 rings (SSSR count). The van der Waals surface area contributed by atoms with Crippen LogP contribution >= 0.6 is 15.9 Å². The first-order valence-electron chi connectivity index (χ1n) is 6.02. The summed E-state index contributed by atoms with van der Waals surface area (Å²) in [4.78, 5) is 1.98. The number of piperidine rings is 1. The van der Waals surface area contributed by atoms with Crippen molar-refractivity contribution in [1.29, 1.82) is 0 Å². The molecule has 0 spiro atoms. The number of halogens is 3. The van der Waals surface area contributed by atoms with Gasteiger partial charge in [-0.1, -0.05) is 6.92 Å². The molecule has 1 aromatic rings. The number of hydrogen-bond acceptors (Lipinski definition) is 2. The molecule has 0 aliphatic carbocycles. The standard InChI is InChI=1S/C13H16BrF2NO/c1-8-6-17(5-4-12(8)18)7-9-11(15)3-2-10(14)13(9)16/h2-3,8,12,18H,4-7H2,1H3. The van der Waals surface area contributed by atoms with Crippen molar-refractivity contribution in [2.75, 3.05) is 13.1 Å². The maximum Gasteiger partial charge on any atom is 0.144 e. The molecule has 18 heavy (non-hydrogen) atoms. The summed E-state index contributed by atoms with van der Waals surface area (Å²) in [6.45, 7) is 3.52. The topological polar surface area (TPSA) is 23.5 Å². The summed E-state index contributed by atoms with van der Waals surface area (Å²) in [7, 11) is 0. The summed E-state index contributed by atoms with van der Waals surface area (Å²) in [5, 5.41) is 9.63. The Labute approximate surface area is 114 Å². The Morgan fingerprint density at radius 3 is 2.83 bits per heavy atom. The second kappa shape index (κ2) is 5.63. The number of rotatable bonds is 2. The predicted octanol–water partition coefficient (Wildman–Crippen LogP) is 2.93. The van der Waals surface area contributed by atoms with Gasteiger partial charge in [-0.15, -0.1) is 0 Å². The lowest BCUT2D eigenvalue weighted by atomic mass is 9.96. The smallest absolute Gasteiger partial charge is 0.144 e. The molecule has 0 amide bonds. The van der Waals surface area contributed by atoms with Gasteiger partial charge in [-0.05, 0) is 40.4 Å². The fourth-order valence-corrected chi connectivity index (χ4v) is 2.67. The Morgan fingerprint density at radius 1 is 1.44 bits per heavy atom. The lowest BCUT2D eigenvalue weighted by Gasteiger charge is -2.34. The lowest BCUT2D eigenvalue weighted by molar-refractivity contribution is 0.0312. The second-order valence-corrected chi connectivity index (χ2v) is 5.74. The Bertz CT molecular complexity index is 441. The van der Waals surface area contributed by atoms with E-state index in [1.807, 2.05) is 11.8 Å². The van der Waals surface area contributed by atoms with E-state index in [1.165, 1.54) is 12.1 Å². The fourth-order valence-electron chi connectivity index (χ4n) is 2.30. The van der Waals surface area contributed by atoms with Crippen LogP contribution in [0.4, 0.5) is 8.78 Å². The Morgan fingerprint density at radius 2 is 2.17 bits per heavy atom. The Balaban J connectivity index is 2.13. The fraction of sp³-hybridized carbons (Fsp3) is 0.538. The zero-order valence-electron chi connectivity index (χ0n) is 10.2. The molecule has 1 fully saturated rings. The minimum atomic E-state index is -0.534. The number of likely N-dealkylation sites (tertiary alicyclic amines) is 1. The van der Waals surface area contributed by atoms with Gasteiger partial charge in [0.2, 0.25) is 0 Å². The summed E-state index contributed by atoms with van der Waals surface area (Å²) in [6.07, 6.45) is 0.344. The first kappa shape index (κ1) is 13.9. The molecule has 5 heteroatoms.